The van der Waals surface area contributed by atoms with Gasteiger partial charge in [0.25, 0.3) is 5.91 Å². The topological polar surface area (TPSA) is 88.9 Å². The van der Waals surface area contributed by atoms with E-state index in [0.717, 1.165) is 18.4 Å². The van der Waals surface area contributed by atoms with E-state index in [1.54, 1.807) is 26.2 Å². The molecule has 1 aliphatic rings. The highest BCUT2D eigenvalue weighted by Crippen LogP contribution is 2.22. The SMILES string of the molecule is CN(Cc1ccc(F)cc1)C(=O)COC(=O)c1cc(S(=O)(=O)N2CCCC2)cn1C. The molecular formula is C20H24FN3O5S. The number of benzene rings is 1. The lowest BCUT2D eigenvalue weighted by Crippen LogP contribution is -2.31. The second-order valence-corrected chi connectivity index (χ2v) is 9.17. The Kier molecular flexibility index (Phi) is 6.57. The van der Waals surface area contributed by atoms with Crippen LogP contribution in [0.3, 0.4) is 0 Å². The Labute approximate surface area is 174 Å². The van der Waals surface area contributed by atoms with Gasteiger partial charge in [0.15, 0.2) is 6.61 Å². The summed E-state index contributed by atoms with van der Waals surface area (Å²) in [4.78, 5) is 26.0. The first-order valence-electron chi connectivity index (χ1n) is 9.50. The summed E-state index contributed by atoms with van der Waals surface area (Å²) in [6.45, 7) is 0.673. The monoisotopic (exact) mass is 437 g/mol. The summed E-state index contributed by atoms with van der Waals surface area (Å²) in [5, 5.41) is 0. The summed E-state index contributed by atoms with van der Waals surface area (Å²) >= 11 is 0. The fraction of sp³-hybridized carbons (Fsp3) is 0.400. The van der Waals surface area contributed by atoms with Crippen molar-refractivity contribution in [2.24, 2.45) is 7.05 Å². The van der Waals surface area contributed by atoms with E-state index in [1.165, 1.54) is 38.2 Å². The Bertz CT molecular complexity index is 1030. The van der Waals surface area contributed by atoms with E-state index in [1.807, 2.05) is 0 Å². The summed E-state index contributed by atoms with van der Waals surface area (Å²) in [5.41, 5.74) is 0.777. The Balaban J connectivity index is 1.60. The number of esters is 1. The van der Waals surface area contributed by atoms with Crippen LogP contribution in [0.25, 0.3) is 0 Å². The minimum atomic E-state index is -3.65. The molecule has 0 unspecified atom stereocenters. The van der Waals surface area contributed by atoms with Gasteiger partial charge in [-0.25, -0.2) is 17.6 Å². The normalized spacial score (nSPS) is 14.6. The second kappa shape index (κ2) is 8.97. The molecule has 1 saturated heterocycles. The number of aryl methyl sites for hydroxylation is 1. The molecule has 1 aromatic carbocycles. The molecule has 3 rings (SSSR count). The average molecular weight is 437 g/mol. The number of ether oxygens (including phenoxy) is 1. The number of halogens is 1. The van der Waals surface area contributed by atoms with Gasteiger partial charge in [-0.2, -0.15) is 4.31 Å². The van der Waals surface area contributed by atoms with Crippen LogP contribution >= 0.6 is 0 Å². The first-order valence-corrected chi connectivity index (χ1v) is 10.9. The number of nitrogens with zero attached hydrogens (tertiary/aromatic N) is 3. The molecule has 0 bridgehead atoms. The third-order valence-corrected chi connectivity index (χ3v) is 6.84. The molecule has 30 heavy (non-hydrogen) atoms. The maximum atomic E-state index is 13.0. The average Bonchev–Trinajstić information content (AvgIpc) is 3.38. The van der Waals surface area contributed by atoms with Crippen LogP contribution in [0.1, 0.15) is 28.9 Å². The van der Waals surface area contributed by atoms with E-state index in [2.05, 4.69) is 0 Å². The van der Waals surface area contributed by atoms with E-state index < -0.39 is 28.5 Å². The molecule has 0 spiro atoms. The molecule has 0 aliphatic carbocycles. The Hall–Kier alpha value is -2.72. The Morgan fingerprint density at radius 1 is 1.17 bits per heavy atom. The largest absolute Gasteiger partial charge is 0.451 e. The number of aromatic nitrogens is 1. The van der Waals surface area contributed by atoms with Crippen molar-refractivity contribution in [2.75, 3.05) is 26.7 Å². The molecule has 1 amide bonds. The van der Waals surface area contributed by atoms with Gasteiger partial charge in [0.2, 0.25) is 10.0 Å². The fourth-order valence-electron chi connectivity index (χ4n) is 3.22. The quantitative estimate of drug-likeness (QED) is 0.616. The highest BCUT2D eigenvalue weighted by Gasteiger charge is 2.30. The van der Waals surface area contributed by atoms with Crippen molar-refractivity contribution < 1.29 is 27.1 Å². The maximum absolute atomic E-state index is 13.0. The van der Waals surface area contributed by atoms with Gasteiger partial charge in [0, 0.05) is 39.9 Å². The third-order valence-electron chi connectivity index (χ3n) is 4.98. The van der Waals surface area contributed by atoms with Gasteiger partial charge in [-0.1, -0.05) is 12.1 Å². The number of rotatable bonds is 7. The van der Waals surface area contributed by atoms with Crippen molar-refractivity contribution in [3.63, 3.8) is 0 Å². The highest BCUT2D eigenvalue weighted by molar-refractivity contribution is 7.89. The lowest BCUT2D eigenvalue weighted by molar-refractivity contribution is -0.133. The molecule has 0 radical (unpaired) electrons. The fourth-order valence-corrected chi connectivity index (χ4v) is 4.81. The predicted molar refractivity (Wildman–Crippen MR) is 107 cm³/mol. The number of hydrogen-bond acceptors (Lipinski definition) is 5. The number of likely N-dealkylation sites (N-methyl/N-ethyl adjacent to an activating group) is 1. The lowest BCUT2D eigenvalue weighted by atomic mass is 10.2. The van der Waals surface area contributed by atoms with Gasteiger partial charge in [0.05, 0.1) is 0 Å². The molecule has 0 N–H and O–H groups in total. The van der Waals surface area contributed by atoms with Gasteiger partial charge in [-0.3, -0.25) is 4.79 Å². The molecule has 1 aliphatic heterocycles. The number of amides is 1. The first-order chi connectivity index (χ1) is 14.2. The van der Waals surface area contributed by atoms with E-state index in [4.69, 9.17) is 4.74 Å². The minimum absolute atomic E-state index is 0.0265. The van der Waals surface area contributed by atoms with Crippen LogP contribution in [0.15, 0.2) is 41.4 Å². The van der Waals surface area contributed by atoms with Crippen molar-refractivity contribution in [3.8, 4) is 0 Å². The van der Waals surface area contributed by atoms with Gasteiger partial charge in [-0.05, 0) is 36.6 Å². The van der Waals surface area contributed by atoms with Crippen LogP contribution in [0.5, 0.6) is 0 Å². The summed E-state index contributed by atoms with van der Waals surface area (Å²) in [7, 11) is -0.565. The Morgan fingerprint density at radius 2 is 1.80 bits per heavy atom. The molecule has 1 fully saturated rings. The van der Waals surface area contributed by atoms with Crippen molar-refractivity contribution in [2.45, 2.75) is 24.3 Å². The van der Waals surface area contributed by atoms with Crippen LogP contribution < -0.4 is 0 Å². The van der Waals surface area contributed by atoms with E-state index in [9.17, 15) is 22.4 Å². The minimum Gasteiger partial charge on any atom is -0.451 e. The number of hydrogen-bond donors (Lipinski definition) is 0. The molecule has 0 saturated carbocycles. The summed E-state index contributed by atoms with van der Waals surface area (Å²) < 4.78 is 46.1. The molecule has 2 aromatic rings. The van der Waals surface area contributed by atoms with Crippen molar-refractivity contribution >= 4 is 21.9 Å². The summed E-state index contributed by atoms with van der Waals surface area (Å²) in [5.74, 6) is -1.59. The van der Waals surface area contributed by atoms with Crippen LogP contribution in [-0.2, 0) is 33.1 Å². The zero-order valence-corrected chi connectivity index (χ0v) is 17.7. The van der Waals surface area contributed by atoms with Crippen LogP contribution in [0.4, 0.5) is 4.39 Å². The molecular weight excluding hydrogens is 413 g/mol. The first kappa shape index (κ1) is 22.0. The van der Waals surface area contributed by atoms with Crippen LogP contribution in [0, 0.1) is 5.82 Å². The third kappa shape index (κ3) is 4.88. The van der Waals surface area contributed by atoms with E-state index in [0.29, 0.717) is 13.1 Å². The van der Waals surface area contributed by atoms with Gasteiger partial charge in [-0.15, -0.1) is 0 Å². The van der Waals surface area contributed by atoms with Crippen molar-refractivity contribution in [3.05, 3.63) is 53.6 Å². The maximum Gasteiger partial charge on any atom is 0.355 e. The zero-order chi connectivity index (χ0) is 21.9. The lowest BCUT2D eigenvalue weighted by Gasteiger charge is -2.17. The number of carbonyl (C=O) groups excluding carboxylic acids is 2. The number of sulfonamides is 1. The summed E-state index contributed by atoms with van der Waals surface area (Å²) in [6, 6.07) is 7.01. The van der Waals surface area contributed by atoms with Crippen molar-refractivity contribution in [1.29, 1.82) is 0 Å². The van der Waals surface area contributed by atoms with E-state index >= 15 is 0 Å². The molecule has 1 aromatic heterocycles. The molecule has 162 valence electrons. The molecule has 2 heterocycles. The highest BCUT2D eigenvalue weighted by atomic mass is 32.2. The predicted octanol–water partition coefficient (Wildman–Crippen LogP) is 1.76. The Morgan fingerprint density at radius 3 is 2.43 bits per heavy atom. The van der Waals surface area contributed by atoms with Gasteiger partial charge >= 0.3 is 5.97 Å². The number of carbonyl (C=O) groups is 2. The van der Waals surface area contributed by atoms with Gasteiger partial charge < -0.3 is 14.2 Å². The van der Waals surface area contributed by atoms with Crippen molar-refractivity contribution in [1.82, 2.24) is 13.8 Å². The molecule has 8 nitrogen and oxygen atoms in total. The molecule has 0 atom stereocenters. The van der Waals surface area contributed by atoms with E-state index in [-0.39, 0.29) is 23.0 Å². The zero-order valence-electron chi connectivity index (χ0n) is 16.9. The van der Waals surface area contributed by atoms with Crippen LogP contribution in [-0.4, -0.2) is 60.8 Å². The molecule has 10 heteroatoms. The smallest absolute Gasteiger partial charge is 0.355 e. The van der Waals surface area contributed by atoms with Gasteiger partial charge in [0.1, 0.15) is 16.4 Å². The second-order valence-electron chi connectivity index (χ2n) is 7.24. The summed E-state index contributed by atoms with van der Waals surface area (Å²) in [6.07, 6.45) is 3.00. The standard InChI is InChI=1S/C20H24FN3O5S/c1-22-13-17(30(27,28)24-9-3-4-10-24)11-18(22)20(26)29-14-19(25)23(2)12-15-5-7-16(21)8-6-15/h5-8,11,13H,3-4,9-10,12,14H2,1-2H3. The van der Waals surface area contributed by atoms with Crippen LogP contribution in [0.2, 0.25) is 0 Å².